The van der Waals surface area contributed by atoms with Crippen LogP contribution in [0.25, 0.3) is 0 Å². The van der Waals surface area contributed by atoms with Gasteiger partial charge in [-0.3, -0.25) is 0 Å². The topological polar surface area (TPSA) is 41.1 Å². The van der Waals surface area contributed by atoms with Gasteiger partial charge in [0.1, 0.15) is 29.1 Å². The fourth-order valence-electron chi connectivity index (χ4n) is 2.30. The second-order valence-corrected chi connectivity index (χ2v) is 5.30. The van der Waals surface area contributed by atoms with Crippen molar-refractivity contribution < 1.29 is 8.78 Å². The van der Waals surface area contributed by atoms with E-state index < -0.39 is 11.6 Å². The number of hydrogen-bond donors (Lipinski definition) is 1. The highest BCUT2D eigenvalue weighted by atomic mass is 19.1. The molecule has 0 amide bonds. The molecule has 3 aromatic rings. The molecule has 0 unspecified atom stereocenters. The van der Waals surface area contributed by atoms with Gasteiger partial charge in [0.2, 0.25) is 0 Å². The lowest BCUT2D eigenvalue weighted by Gasteiger charge is -2.19. The van der Waals surface area contributed by atoms with Gasteiger partial charge in [0.15, 0.2) is 0 Å². The molecule has 0 radical (unpaired) electrons. The van der Waals surface area contributed by atoms with Gasteiger partial charge in [0.25, 0.3) is 0 Å². The zero-order valence-electron chi connectivity index (χ0n) is 13.3. The van der Waals surface area contributed by atoms with Crippen molar-refractivity contribution in [3.05, 3.63) is 72.1 Å². The first-order chi connectivity index (χ1) is 11.5. The molecule has 24 heavy (non-hydrogen) atoms. The second kappa shape index (κ2) is 6.62. The molecule has 0 aliphatic rings. The third kappa shape index (κ3) is 3.48. The van der Waals surface area contributed by atoms with Crippen molar-refractivity contribution in [3.63, 3.8) is 0 Å². The third-order valence-electron chi connectivity index (χ3n) is 3.51. The molecule has 0 saturated heterocycles. The van der Waals surface area contributed by atoms with Gasteiger partial charge in [-0.2, -0.15) is 0 Å². The Morgan fingerprint density at radius 2 is 1.71 bits per heavy atom. The van der Waals surface area contributed by atoms with Crippen LogP contribution in [0.4, 0.5) is 31.8 Å². The number of benzene rings is 2. The quantitative estimate of drug-likeness (QED) is 0.762. The van der Waals surface area contributed by atoms with Gasteiger partial charge >= 0.3 is 0 Å². The summed E-state index contributed by atoms with van der Waals surface area (Å²) in [5.74, 6) is 0.343. The summed E-state index contributed by atoms with van der Waals surface area (Å²) in [7, 11) is 1.89. The van der Waals surface area contributed by atoms with Crippen molar-refractivity contribution in [2.45, 2.75) is 6.92 Å². The van der Waals surface area contributed by atoms with Crippen molar-refractivity contribution in [1.29, 1.82) is 0 Å². The molecule has 122 valence electrons. The van der Waals surface area contributed by atoms with Crippen molar-refractivity contribution in [3.8, 4) is 0 Å². The standard InChI is InChI=1S/C18H16F2N4/c1-12-21-17(23-16-9-8-13(19)10-15(16)20)11-18(22-12)24(2)14-6-4-3-5-7-14/h3-11H,1-2H3,(H,21,22,23). The maximum Gasteiger partial charge on any atom is 0.149 e. The maximum atomic E-state index is 13.8. The van der Waals surface area contributed by atoms with E-state index in [1.807, 2.05) is 42.3 Å². The van der Waals surface area contributed by atoms with Crippen LogP contribution in [-0.2, 0) is 0 Å². The Morgan fingerprint density at radius 1 is 0.958 bits per heavy atom. The molecule has 3 rings (SSSR count). The van der Waals surface area contributed by atoms with Crippen LogP contribution in [0.3, 0.4) is 0 Å². The Hall–Kier alpha value is -3.02. The summed E-state index contributed by atoms with van der Waals surface area (Å²) in [6.45, 7) is 1.76. The van der Waals surface area contributed by atoms with E-state index in [0.29, 0.717) is 17.5 Å². The van der Waals surface area contributed by atoms with Crippen LogP contribution in [0.15, 0.2) is 54.6 Å². The van der Waals surface area contributed by atoms with Gasteiger partial charge in [0, 0.05) is 24.9 Å². The lowest BCUT2D eigenvalue weighted by Crippen LogP contribution is -2.13. The Labute approximate surface area is 138 Å². The minimum Gasteiger partial charge on any atom is -0.338 e. The number of anilines is 4. The summed E-state index contributed by atoms with van der Waals surface area (Å²) in [4.78, 5) is 10.6. The molecular formula is C18H16F2N4. The highest BCUT2D eigenvalue weighted by Gasteiger charge is 2.10. The molecule has 0 fully saturated rings. The Kier molecular flexibility index (Phi) is 4.37. The molecule has 0 atom stereocenters. The largest absolute Gasteiger partial charge is 0.338 e. The first-order valence-electron chi connectivity index (χ1n) is 7.39. The van der Waals surface area contributed by atoms with Gasteiger partial charge in [0.05, 0.1) is 5.69 Å². The van der Waals surface area contributed by atoms with Gasteiger partial charge in [-0.05, 0) is 31.2 Å². The molecule has 6 heteroatoms. The zero-order chi connectivity index (χ0) is 17.1. The minimum atomic E-state index is -0.677. The number of halogens is 2. The lowest BCUT2D eigenvalue weighted by atomic mass is 10.3. The number of hydrogen-bond acceptors (Lipinski definition) is 4. The summed E-state index contributed by atoms with van der Waals surface area (Å²) in [5.41, 5.74) is 1.12. The molecule has 0 spiro atoms. The normalized spacial score (nSPS) is 10.5. The summed E-state index contributed by atoms with van der Waals surface area (Å²) >= 11 is 0. The fourth-order valence-corrected chi connectivity index (χ4v) is 2.30. The number of nitrogens with zero attached hydrogens (tertiary/aromatic N) is 3. The summed E-state index contributed by atoms with van der Waals surface area (Å²) in [6.07, 6.45) is 0. The minimum absolute atomic E-state index is 0.155. The number of rotatable bonds is 4. The number of aromatic nitrogens is 2. The smallest absolute Gasteiger partial charge is 0.149 e. The highest BCUT2D eigenvalue weighted by Crippen LogP contribution is 2.25. The molecule has 4 nitrogen and oxygen atoms in total. The average molecular weight is 326 g/mol. The van der Waals surface area contributed by atoms with Crippen molar-refractivity contribution in [2.24, 2.45) is 0 Å². The first-order valence-corrected chi connectivity index (χ1v) is 7.39. The van der Waals surface area contributed by atoms with Crippen LogP contribution in [0, 0.1) is 18.6 Å². The molecule has 1 N–H and O–H groups in total. The van der Waals surface area contributed by atoms with Crippen LogP contribution < -0.4 is 10.2 Å². The maximum absolute atomic E-state index is 13.8. The third-order valence-corrected chi connectivity index (χ3v) is 3.51. The zero-order valence-corrected chi connectivity index (χ0v) is 13.3. The van der Waals surface area contributed by atoms with Gasteiger partial charge in [-0.15, -0.1) is 0 Å². The van der Waals surface area contributed by atoms with Crippen LogP contribution in [0.1, 0.15) is 5.82 Å². The van der Waals surface area contributed by atoms with E-state index in [1.165, 1.54) is 12.1 Å². The lowest BCUT2D eigenvalue weighted by molar-refractivity contribution is 0.586. The molecule has 1 heterocycles. The van der Waals surface area contributed by atoms with Crippen molar-refractivity contribution in [2.75, 3.05) is 17.3 Å². The summed E-state index contributed by atoms with van der Waals surface area (Å²) in [5, 5.41) is 2.87. The molecule has 0 aliphatic heterocycles. The number of nitrogens with one attached hydrogen (secondary N) is 1. The van der Waals surface area contributed by atoms with Crippen LogP contribution in [-0.4, -0.2) is 17.0 Å². The number of para-hydroxylation sites is 1. The molecule has 0 saturated carbocycles. The van der Waals surface area contributed by atoms with E-state index in [4.69, 9.17) is 0 Å². The van der Waals surface area contributed by atoms with Crippen molar-refractivity contribution >= 4 is 23.0 Å². The number of aryl methyl sites for hydroxylation is 1. The Bertz CT molecular complexity index is 853. The van der Waals surface area contributed by atoms with Crippen LogP contribution in [0.2, 0.25) is 0 Å². The van der Waals surface area contributed by atoms with E-state index in [1.54, 1.807) is 13.0 Å². The average Bonchev–Trinajstić information content (AvgIpc) is 2.57. The van der Waals surface area contributed by atoms with E-state index >= 15 is 0 Å². The Morgan fingerprint density at radius 3 is 2.42 bits per heavy atom. The van der Waals surface area contributed by atoms with Gasteiger partial charge in [-0.25, -0.2) is 18.7 Å². The van der Waals surface area contributed by atoms with E-state index in [2.05, 4.69) is 15.3 Å². The van der Waals surface area contributed by atoms with Gasteiger partial charge < -0.3 is 10.2 Å². The first kappa shape index (κ1) is 15.9. The van der Waals surface area contributed by atoms with E-state index in [-0.39, 0.29) is 5.69 Å². The molecule has 1 aromatic heterocycles. The van der Waals surface area contributed by atoms with Crippen molar-refractivity contribution in [1.82, 2.24) is 9.97 Å². The molecule has 0 bridgehead atoms. The van der Waals surface area contributed by atoms with Crippen LogP contribution in [0.5, 0.6) is 0 Å². The molecular weight excluding hydrogens is 310 g/mol. The summed E-state index contributed by atoms with van der Waals surface area (Å²) < 4.78 is 26.8. The summed E-state index contributed by atoms with van der Waals surface area (Å²) in [6, 6.07) is 14.8. The highest BCUT2D eigenvalue weighted by molar-refractivity contribution is 5.65. The molecule has 0 aliphatic carbocycles. The van der Waals surface area contributed by atoms with E-state index in [9.17, 15) is 8.78 Å². The second-order valence-electron chi connectivity index (χ2n) is 5.30. The van der Waals surface area contributed by atoms with E-state index in [0.717, 1.165) is 11.8 Å². The molecule has 2 aromatic carbocycles. The van der Waals surface area contributed by atoms with Gasteiger partial charge in [-0.1, -0.05) is 18.2 Å². The predicted molar refractivity (Wildman–Crippen MR) is 90.9 cm³/mol. The monoisotopic (exact) mass is 326 g/mol. The SMILES string of the molecule is Cc1nc(Nc2ccc(F)cc2F)cc(N(C)c2ccccc2)n1. The Balaban J connectivity index is 1.91. The fraction of sp³-hybridized carbons (Fsp3) is 0.111. The van der Waals surface area contributed by atoms with Crippen LogP contribution >= 0.6 is 0 Å². The predicted octanol–water partition coefficient (Wildman–Crippen LogP) is 4.57.